The summed E-state index contributed by atoms with van der Waals surface area (Å²) in [6.07, 6.45) is 0.165. The van der Waals surface area contributed by atoms with Gasteiger partial charge in [0.1, 0.15) is 0 Å². The highest BCUT2D eigenvalue weighted by atomic mass is 35.5. The van der Waals surface area contributed by atoms with Crippen LogP contribution in [0.3, 0.4) is 0 Å². The predicted octanol–water partition coefficient (Wildman–Crippen LogP) is 1.86. The van der Waals surface area contributed by atoms with Gasteiger partial charge in [0.15, 0.2) is 0 Å². The van der Waals surface area contributed by atoms with Crippen molar-refractivity contribution in [1.82, 2.24) is 0 Å². The first-order valence-electron chi connectivity index (χ1n) is 3.54. The molecule has 0 unspecified atom stereocenters. The summed E-state index contributed by atoms with van der Waals surface area (Å²) in [4.78, 5) is 0. The molecule has 0 amide bonds. The van der Waals surface area contributed by atoms with Crippen molar-refractivity contribution >= 4 is 17.3 Å². The average molecular weight is 192 g/mol. The van der Waals surface area contributed by atoms with Crippen LogP contribution in [-0.4, -0.2) is 0 Å². The molecule has 1 rings (SSSR count). The lowest BCUT2D eigenvalue weighted by Crippen LogP contribution is -1.93. The third-order valence-corrected chi connectivity index (χ3v) is 2.04. The largest absolute Gasteiger partial charge is 0.397 e. The molecule has 0 aliphatic heterocycles. The number of nitrogens with zero attached hydrogens (tertiary/aromatic N) is 2. The van der Waals surface area contributed by atoms with Crippen LogP contribution in [0, 0.1) is 22.7 Å². The Kier molecular flexibility index (Phi) is 2.74. The van der Waals surface area contributed by atoms with Gasteiger partial charge >= 0.3 is 0 Å². The van der Waals surface area contributed by atoms with Crippen LogP contribution >= 0.6 is 11.6 Å². The minimum atomic E-state index is 0.165. The van der Waals surface area contributed by atoms with Crippen LogP contribution in [0.2, 0.25) is 5.02 Å². The molecule has 0 atom stereocenters. The molecule has 0 saturated heterocycles. The van der Waals surface area contributed by atoms with Gasteiger partial charge in [-0.2, -0.15) is 10.5 Å². The van der Waals surface area contributed by atoms with E-state index in [4.69, 9.17) is 27.9 Å². The van der Waals surface area contributed by atoms with Crippen molar-refractivity contribution in [2.75, 3.05) is 5.73 Å². The molecule has 0 aromatic heterocycles. The minimum Gasteiger partial charge on any atom is -0.397 e. The first-order chi connectivity index (χ1) is 6.19. The molecule has 0 spiro atoms. The smallest absolute Gasteiger partial charge is 0.0992 e. The molecule has 0 radical (unpaired) electrons. The predicted molar refractivity (Wildman–Crippen MR) is 49.9 cm³/mol. The Hall–Kier alpha value is -1.71. The van der Waals surface area contributed by atoms with Crippen molar-refractivity contribution in [2.45, 2.75) is 6.42 Å². The molecule has 0 fully saturated rings. The molecule has 0 aliphatic carbocycles. The van der Waals surface area contributed by atoms with Gasteiger partial charge in [0, 0.05) is 0 Å². The summed E-state index contributed by atoms with van der Waals surface area (Å²) in [5.74, 6) is 0. The maximum absolute atomic E-state index is 8.61. The van der Waals surface area contributed by atoms with Gasteiger partial charge < -0.3 is 5.73 Å². The number of rotatable bonds is 1. The number of nitrogen functional groups attached to an aromatic ring is 1. The summed E-state index contributed by atoms with van der Waals surface area (Å²) in [5.41, 5.74) is 6.89. The van der Waals surface area contributed by atoms with E-state index in [9.17, 15) is 0 Å². The van der Waals surface area contributed by atoms with E-state index in [1.807, 2.05) is 12.1 Å². The molecule has 0 heterocycles. The maximum Gasteiger partial charge on any atom is 0.0992 e. The first-order valence-corrected chi connectivity index (χ1v) is 3.91. The van der Waals surface area contributed by atoms with Gasteiger partial charge in [-0.15, -0.1) is 0 Å². The van der Waals surface area contributed by atoms with Gasteiger partial charge in [-0.3, -0.25) is 0 Å². The van der Waals surface area contributed by atoms with E-state index in [2.05, 4.69) is 0 Å². The Morgan fingerprint density at radius 3 is 2.62 bits per heavy atom. The fourth-order valence-electron chi connectivity index (χ4n) is 0.987. The van der Waals surface area contributed by atoms with Gasteiger partial charge in [0.25, 0.3) is 0 Å². The molecule has 1 aromatic rings. The standard InChI is InChI=1S/C9H6ClN3/c10-9-7(1-2-11)3-6(5-12)4-8(9)13/h3-4H,1,13H2. The van der Waals surface area contributed by atoms with Gasteiger partial charge in [-0.05, 0) is 17.7 Å². The van der Waals surface area contributed by atoms with E-state index in [1.165, 1.54) is 6.07 Å². The van der Waals surface area contributed by atoms with E-state index < -0.39 is 0 Å². The summed E-state index contributed by atoms with van der Waals surface area (Å²) in [5, 5.41) is 17.4. The molecule has 3 nitrogen and oxygen atoms in total. The number of benzene rings is 1. The zero-order valence-electron chi connectivity index (χ0n) is 6.71. The Labute approximate surface area is 81.0 Å². The van der Waals surface area contributed by atoms with Crippen molar-refractivity contribution in [3.8, 4) is 12.1 Å². The van der Waals surface area contributed by atoms with Crippen LogP contribution in [0.4, 0.5) is 5.69 Å². The van der Waals surface area contributed by atoms with Crippen LogP contribution in [0.5, 0.6) is 0 Å². The monoisotopic (exact) mass is 191 g/mol. The van der Waals surface area contributed by atoms with Crippen molar-refractivity contribution in [3.05, 3.63) is 28.3 Å². The third-order valence-electron chi connectivity index (χ3n) is 1.57. The second-order valence-electron chi connectivity index (χ2n) is 2.49. The summed E-state index contributed by atoms with van der Waals surface area (Å²) in [7, 11) is 0. The Bertz CT molecular complexity index is 412. The van der Waals surface area contributed by atoms with Crippen LogP contribution in [0.1, 0.15) is 11.1 Å². The van der Waals surface area contributed by atoms with Crippen LogP contribution in [-0.2, 0) is 6.42 Å². The van der Waals surface area contributed by atoms with E-state index >= 15 is 0 Å². The lowest BCUT2D eigenvalue weighted by molar-refractivity contribution is 1.26. The van der Waals surface area contributed by atoms with Gasteiger partial charge in [0.05, 0.1) is 34.8 Å². The highest BCUT2D eigenvalue weighted by Crippen LogP contribution is 2.25. The Morgan fingerprint density at radius 1 is 1.38 bits per heavy atom. The molecule has 64 valence electrons. The molecule has 4 heteroatoms. The molecular formula is C9H6ClN3. The molecule has 0 bridgehead atoms. The van der Waals surface area contributed by atoms with E-state index in [-0.39, 0.29) is 6.42 Å². The molecule has 13 heavy (non-hydrogen) atoms. The minimum absolute atomic E-state index is 0.165. The fraction of sp³-hybridized carbons (Fsp3) is 0.111. The Morgan fingerprint density at radius 2 is 2.08 bits per heavy atom. The molecule has 0 saturated carbocycles. The number of hydrogen-bond donors (Lipinski definition) is 1. The summed E-state index contributed by atoms with van der Waals surface area (Å²) < 4.78 is 0. The third kappa shape index (κ3) is 1.90. The average Bonchev–Trinajstić information content (AvgIpc) is 2.13. The first kappa shape index (κ1) is 9.38. The number of hydrogen-bond acceptors (Lipinski definition) is 3. The fourth-order valence-corrected chi connectivity index (χ4v) is 1.16. The maximum atomic E-state index is 8.61. The second kappa shape index (κ2) is 3.80. The van der Waals surface area contributed by atoms with Crippen molar-refractivity contribution < 1.29 is 0 Å². The van der Waals surface area contributed by atoms with Gasteiger partial charge in [-0.25, -0.2) is 0 Å². The molecule has 2 N–H and O–H groups in total. The van der Waals surface area contributed by atoms with Crippen molar-refractivity contribution in [3.63, 3.8) is 0 Å². The van der Waals surface area contributed by atoms with E-state index in [1.54, 1.807) is 6.07 Å². The number of nitrogens with two attached hydrogens (primary N) is 1. The van der Waals surface area contributed by atoms with E-state index in [0.717, 1.165) is 0 Å². The topological polar surface area (TPSA) is 73.6 Å². The molecule has 0 aliphatic rings. The summed E-state index contributed by atoms with van der Waals surface area (Å²) >= 11 is 5.82. The van der Waals surface area contributed by atoms with Gasteiger partial charge in [-0.1, -0.05) is 11.6 Å². The van der Waals surface area contributed by atoms with E-state index in [0.29, 0.717) is 21.8 Å². The van der Waals surface area contributed by atoms with Crippen LogP contribution in [0.25, 0.3) is 0 Å². The quantitative estimate of drug-likeness (QED) is 0.689. The zero-order valence-corrected chi connectivity index (χ0v) is 7.47. The highest BCUT2D eigenvalue weighted by molar-refractivity contribution is 6.33. The van der Waals surface area contributed by atoms with Crippen LogP contribution < -0.4 is 5.73 Å². The van der Waals surface area contributed by atoms with Gasteiger partial charge in [0.2, 0.25) is 0 Å². The number of anilines is 1. The lowest BCUT2D eigenvalue weighted by atomic mass is 10.1. The van der Waals surface area contributed by atoms with Crippen molar-refractivity contribution in [2.24, 2.45) is 0 Å². The number of nitriles is 2. The zero-order chi connectivity index (χ0) is 9.84. The lowest BCUT2D eigenvalue weighted by Gasteiger charge is -2.03. The number of halogens is 1. The van der Waals surface area contributed by atoms with Crippen LogP contribution in [0.15, 0.2) is 12.1 Å². The summed E-state index contributed by atoms with van der Waals surface area (Å²) in [6.45, 7) is 0. The molecule has 1 aromatic carbocycles. The second-order valence-corrected chi connectivity index (χ2v) is 2.86. The summed E-state index contributed by atoms with van der Waals surface area (Å²) in [6, 6.07) is 6.96. The highest BCUT2D eigenvalue weighted by Gasteiger charge is 2.05. The van der Waals surface area contributed by atoms with Crippen molar-refractivity contribution in [1.29, 1.82) is 10.5 Å². The Balaban J connectivity index is 3.28. The normalized spacial score (nSPS) is 8.85. The SMILES string of the molecule is N#CCc1cc(C#N)cc(N)c1Cl. The molecular weight excluding hydrogens is 186 g/mol.